The van der Waals surface area contributed by atoms with Gasteiger partial charge in [0.15, 0.2) is 11.1 Å². The summed E-state index contributed by atoms with van der Waals surface area (Å²) in [6, 6.07) is 9.13. The molecule has 6 nitrogen and oxygen atoms in total. The van der Waals surface area contributed by atoms with Crippen LogP contribution in [0.2, 0.25) is 0 Å². The molecule has 0 aliphatic heterocycles. The Labute approximate surface area is 202 Å². The van der Waals surface area contributed by atoms with Gasteiger partial charge < -0.3 is 15.2 Å². The number of hydrogen-bond donors (Lipinski definition) is 2. The lowest BCUT2D eigenvalue weighted by Crippen LogP contribution is -2.37. The summed E-state index contributed by atoms with van der Waals surface area (Å²) < 4.78 is 2.40. The Balaban J connectivity index is 0.00000320. The van der Waals surface area contributed by atoms with E-state index in [1.807, 2.05) is 0 Å². The molecule has 1 fully saturated rings. The van der Waals surface area contributed by atoms with E-state index in [0.717, 1.165) is 42.9 Å². The van der Waals surface area contributed by atoms with Crippen LogP contribution >= 0.6 is 35.7 Å². The van der Waals surface area contributed by atoms with Gasteiger partial charge in [-0.2, -0.15) is 0 Å². The Bertz CT molecular complexity index is 783. The number of hydrogen-bond acceptors (Lipinski definition) is 4. The Morgan fingerprint density at radius 1 is 1.17 bits per heavy atom. The summed E-state index contributed by atoms with van der Waals surface area (Å²) in [5.41, 5.74) is 2.50. The van der Waals surface area contributed by atoms with Crippen molar-refractivity contribution in [2.24, 2.45) is 4.99 Å². The first-order valence-electron chi connectivity index (χ1n) is 10.8. The molecular weight excluding hydrogens is 507 g/mol. The molecule has 1 saturated carbocycles. The van der Waals surface area contributed by atoms with Crippen LogP contribution in [-0.2, 0) is 13.0 Å². The van der Waals surface area contributed by atoms with E-state index >= 15 is 0 Å². The molecule has 1 aromatic carbocycles. The molecule has 1 aliphatic carbocycles. The second-order valence-corrected chi connectivity index (χ2v) is 8.40. The van der Waals surface area contributed by atoms with Gasteiger partial charge in [-0.15, -0.1) is 34.2 Å². The Hall–Kier alpha value is -1.29. The van der Waals surface area contributed by atoms with Crippen molar-refractivity contribution in [2.75, 3.05) is 19.3 Å². The first-order chi connectivity index (χ1) is 14.2. The normalized spacial score (nSPS) is 14.6. The zero-order valence-electron chi connectivity index (χ0n) is 18.4. The highest BCUT2D eigenvalue weighted by molar-refractivity contribution is 14.0. The summed E-state index contributed by atoms with van der Waals surface area (Å²) in [6.45, 7) is 6.60. The third-order valence-corrected chi connectivity index (χ3v) is 6.01. The van der Waals surface area contributed by atoms with Gasteiger partial charge in [0.05, 0.1) is 6.54 Å². The first-order valence-corrected chi connectivity index (χ1v) is 12.0. The molecule has 0 amide bonds. The predicted octanol–water partition coefficient (Wildman–Crippen LogP) is 4.73. The maximum atomic E-state index is 4.71. The molecule has 1 heterocycles. The van der Waals surface area contributed by atoms with Gasteiger partial charge in [0.2, 0.25) is 0 Å². The summed E-state index contributed by atoms with van der Waals surface area (Å²) in [4.78, 5) is 4.71. The molecular formula is C22H35IN6S. The molecule has 0 atom stereocenters. The number of thioether (sulfide) groups is 1. The van der Waals surface area contributed by atoms with Crippen molar-refractivity contribution in [3.8, 4) is 0 Å². The summed E-state index contributed by atoms with van der Waals surface area (Å²) in [5.74, 6) is 2.00. The average Bonchev–Trinajstić information content (AvgIpc) is 3.39. The monoisotopic (exact) mass is 542 g/mol. The largest absolute Gasteiger partial charge is 0.357 e. The number of aryl methyl sites for hydroxylation is 2. The Morgan fingerprint density at radius 3 is 2.57 bits per heavy atom. The summed E-state index contributed by atoms with van der Waals surface area (Å²) in [7, 11) is 0. The van der Waals surface area contributed by atoms with E-state index in [-0.39, 0.29) is 24.0 Å². The quantitative estimate of drug-likeness (QED) is 0.158. The molecule has 30 heavy (non-hydrogen) atoms. The fourth-order valence-electron chi connectivity index (χ4n) is 3.81. The van der Waals surface area contributed by atoms with Crippen molar-refractivity contribution in [3.05, 3.63) is 41.2 Å². The molecule has 0 bridgehead atoms. The molecule has 3 rings (SSSR count). The third-order valence-electron chi connectivity index (χ3n) is 5.36. The van der Waals surface area contributed by atoms with E-state index in [1.54, 1.807) is 11.8 Å². The number of halogens is 1. The van der Waals surface area contributed by atoms with Crippen LogP contribution in [0.5, 0.6) is 0 Å². The summed E-state index contributed by atoms with van der Waals surface area (Å²) in [6.07, 6.45) is 9.19. The first kappa shape index (κ1) is 25.0. The molecule has 1 aliphatic rings. The van der Waals surface area contributed by atoms with Crippen LogP contribution in [0.4, 0.5) is 0 Å². The second-order valence-electron chi connectivity index (χ2n) is 7.62. The van der Waals surface area contributed by atoms with Crippen molar-refractivity contribution in [1.29, 1.82) is 0 Å². The van der Waals surface area contributed by atoms with E-state index in [2.05, 4.69) is 69.8 Å². The number of benzene rings is 1. The van der Waals surface area contributed by atoms with Gasteiger partial charge in [0.1, 0.15) is 5.82 Å². The van der Waals surface area contributed by atoms with Gasteiger partial charge in [-0.05, 0) is 44.9 Å². The van der Waals surface area contributed by atoms with Crippen molar-refractivity contribution >= 4 is 41.7 Å². The molecule has 1 aromatic heterocycles. The van der Waals surface area contributed by atoms with Crippen molar-refractivity contribution in [3.63, 3.8) is 0 Å². The minimum atomic E-state index is 0. The zero-order chi connectivity index (χ0) is 20.5. The van der Waals surface area contributed by atoms with Crippen LogP contribution in [0.3, 0.4) is 0 Å². The minimum Gasteiger partial charge on any atom is -0.357 e. The highest BCUT2D eigenvalue weighted by Crippen LogP contribution is 2.33. The van der Waals surface area contributed by atoms with Crippen molar-refractivity contribution < 1.29 is 0 Å². The lowest BCUT2D eigenvalue weighted by molar-refractivity contribution is 0.460. The number of nitrogens with zero attached hydrogens (tertiary/aromatic N) is 4. The lowest BCUT2D eigenvalue weighted by Gasteiger charge is -2.16. The smallest absolute Gasteiger partial charge is 0.191 e. The highest BCUT2D eigenvalue weighted by Gasteiger charge is 2.23. The van der Waals surface area contributed by atoms with Crippen molar-refractivity contribution in [1.82, 2.24) is 25.4 Å². The number of nitrogens with one attached hydrogen (secondary N) is 2. The van der Waals surface area contributed by atoms with Crippen LogP contribution < -0.4 is 10.6 Å². The van der Waals surface area contributed by atoms with Gasteiger partial charge in [-0.25, -0.2) is 4.99 Å². The van der Waals surface area contributed by atoms with E-state index in [0.29, 0.717) is 12.6 Å². The number of aliphatic imine (C=N–C) groups is 1. The second kappa shape index (κ2) is 13.2. The van der Waals surface area contributed by atoms with Gasteiger partial charge in [0, 0.05) is 25.6 Å². The van der Waals surface area contributed by atoms with E-state index < -0.39 is 0 Å². The van der Waals surface area contributed by atoms with Crippen LogP contribution in [0, 0.1) is 6.92 Å². The molecule has 2 aromatic rings. The van der Waals surface area contributed by atoms with E-state index in [1.165, 1.54) is 36.8 Å². The van der Waals surface area contributed by atoms with Crippen LogP contribution in [-0.4, -0.2) is 40.1 Å². The molecule has 0 radical (unpaired) electrons. The molecule has 0 unspecified atom stereocenters. The Morgan fingerprint density at radius 2 is 1.90 bits per heavy atom. The predicted molar refractivity (Wildman–Crippen MR) is 137 cm³/mol. The zero-order valence-corrected chi connectivity index (χ0v) is 21.5. The minimum absolute atomic E-state index is 0. The number of rotatable bonds is 9. The molecule has 166 valence electrons. The maximum absolute atomic E-state index is 4.71. The fourth-order valence-corrected chi connectivity index (χ4v) is 4.38. The number of aromatic nitrogens is 3. The average molecular weight is 543 g/mol. The standard InChI is InChI=1S/C22H34N6S.HI/c1-4-23-21(25-16-18-13-11-17(2)12-14-18)24-15-7-10-20-26-27-22(29-3)28(20)19-8-5-6-9-19;/h11-14,19H,4-10,15-16H2,1-3H3,(H2,23,24,25);1H. The van der Waals surface area contributed by atoms with Gasteiger partial charge in [-0.1, -0.05) is 54.4 Å². The topological polar surface area (TPSA) is 67.1 Å². The molecule has 2 N–H and O–H groups in total. The fraction of sp³-hybridized carbons (Fsp3) is 0.591. The lowest BCUT2D eigenvalue weighted by atomic mass is 10.1. The summed E-state index contributed by atoms with van der Waals surface area (Å²) >= 11 is 1.70. The maximum Gasteiger partial charge on any atom is 0.191 e. The third kappa shape index (κ3) is 7.14. The highest BCUT2D eigenvalue weighted by atomic mass is 127. The van der Waals surface area contributed by atoms with Crippen LogP contribution in [0.15, 0.2) is 34.4 Å². The molecule has 0 saturated heterocycles. The summed E-state index contributed by atoms with van der Waals surface area (Å²) in [5, 5.41) is 16.8. The van der Waals surface area contributed by atoms with E-state index in [9.17, 15) is 0 Å². The Kier molecular flexibility index (Phi) is 11.0. The van der Waals surface area contributed by atoms with Gasteiger partial charge in [0.25, 0.3) is 0 Å². The SMILES string of the molecule is CCNC(=NCc1ccc(C)cc1)NCCCc1nnc(SC)n1C1CCCC1.I. The van der Waals surface area contributed by atoms with Gasteiger partial charge in [-0.3, -0.25) is 0 Å². The van der Waals surface area contributed by atoms with Crippen LogP contribution in [0.25, 0.3) is 0 Å². The molecule has 0 spiro atoms. The number of guanidine groups is 1. The van der Waals surface area contributed by atoms with Gasteiger partial charge >= 0.3 is 0 Å². The molecule has 8 heteroatoms. The van der Waals surface area contributed by atoms with Crippen molar-refractivity contribution in [2.45, 2.75) is 70.1 Å². The van der Waals surface area contributed by atoms with Crippen LogP contribution in [0.1, 0.15) is 62.0 Å². The van der Waals surface area contributed by atoms with E-state index in [4.69, 9.17) is 4.99 Å².